The van der Waals surface area contributed by atoms with Crippen LogP contribution in [-0.4, -0.2) is 13.9 Å². The van der Waals surface area contributed by atoms with Gasteiger partial charge < -0.3 is 4.18 Å². The number of rotatable bonds is 3. The fourth-order valence-electron chi connectivity index (χ4n) is 2.20. The minimum absolute atomic E-state index is 0.549. The molecule has 0 bridgehead atoms. The predicted octanol–water partition coefficient (Wildman–Crippen LogP) is 4.29. The van der Waals surface area contributed by atoms with Crippen molar-refractivity contribution in [2.75, 3.05) is 0 Å². The standard InChI is InChI=1S/C15H13F3O3S/c1-10-9-12-5-3-4-6-14(12)11(2)13(10)7-8-21-22(19,20)15(16,17)18/h3-9H,1-2H3. The van der Waals surface area contributed by atoms with Crippen LogP contribution in [0, 0.1) is 13.8 Å². The topological polar surface area (TPSA) is 43.4 Å². The maximum atomic E-state index is 12.2. The Labute approximate surface area is 126 Å². The van der Waals surface area contributed by atoms with Crippen molar-refractivity contribution in [3.05, 3.63) is 53.3 Å². The molecule has 0 fully saturated rings. The molecule has 0 amide bonds. The second-order valence-corrected chi connectivity index (χ2v) is 6.32. The van der Waals surface area contributed by atoms with E-state index in [4.69, 9.17) is 0 Å². The first kappa shape index (κ1) is 16.4. The molecule has 0 unspecified atom stereocenters. The maximum Gasteiger partial charge on any atom is 0.534 e. The lowest BCUT2D eigenvalue weighted by Gasteiger charge is -2.10. The molecule has 0 aromatic heterocycles. The van der Waals surface area contributed by atoms with E-state index in [1.165, 1.54) is 6.08 Å². The minimum Gasteiger partial charge on any atom is -0.384 e. The molecule has 0 radical (unpaired) electrons. The van der Waals surface area contributed by atoms with Crippen molar-refractivity contribution in [1.29, 1.82) is 0 Å². The Kier molecular flexibility index (Phi) is 4.19. The summed E-state index contributed by atoms with van der Waals surface area (Å²) in [6.07, 6.45) is 1.77. The summed E-state index contributed by atoms with van der Waals surface area (Å²) in [7, 11) is -5.62. The molecule has 0 aliphatic rings. The summed E-state index contributed by atoms with van der Waals surface area (Å²) in [6.45, 7) is 3.60. The van der Waals surface area contributed by atoms with Crippen LogP contribution in [0.2, 0.25) is 0 Å². The van der Waals surface area contributed by atoms with Gasteiger partial charge in [0.2, 0.25) is 0 Å². The van der Waals surface area contributed by atoms with Crippen molar-refractivity contribution >= 4 is 27.0 Å². The third-order valence-corrected chi connectivity index (χ3v) is 4.20. The van der Waals surface area contributed by atoms with Gasteiger partial charge in [0.25, 0.3) is 0 Å². The molecule has 2 rings (SSSR count). The predicted molar refractivity (Wildman–Crippen MR) is 78.5 cm³/mol. The molecule has 0 saturated carbocycles. The molecule has 0 saturated heterocycles. The van der Waals surface area contributed by atoms with Gasteiger partial charge in [-0.1, -0.05) is 30.3 Å². The minimum atomic E-state index is -5.62. The second-order valence-electron chi connectivity index (χ2n) is 4.75. The van der Waals surface area contributed by atoms with Crippen LogP contribution in [-0.2, 0) is 14.3 Å². The van der Waals surface area contributed by atoms with Crippen LogP contribution in [0.1, 0.15) is 16.7 Å². The monoisotopic (exact) mass is 330 g/mol. The number of halogens is 3. The van der Waals surface area contributed by atoms with Gasteiger partial charge in [-0.25, -0.2) is 0 Å². The van der Waals surface area contributed by atoms with Crippen LogP contribution in [0.25, 0.3) is 16.8 Å². The van der Waals surface area contributed by atoms with Crippen molar-refractivity contribution < 1.29 is 25.8 Å². The van der Waals surface area contributed by atoms with Gasteiger partial charge in [0.05, 0.1) is 0 Å². The molecule has 0 heterocycles. The molecule has 7 heteroatoms. The molecule has 0 atom stereocenters. The molecule has 0 spiro atoms. The van der Waals surface area contributed by atoms with Gasteiger partial charge >= 0.3 is 15.6 Å². The van der Waals surface area contributed by atoms with E-state index in [2.05, 4.69) is 4.18 Å². The third kappa shape index (κ3) is 3.09. The highest BCUT2D eigenvalue weighted by Gasteiger charge is 2.47. The quantitative estimate of drug-likeness (QED) is 0.479. The Balaban J connectivity index is 2.39. The molecule has 0 N–H and O–H groups in total. The van der Waals surface area contributed by atoms with Crippen LogP contribution in [0.5, 0.6) is 0 Å². The van der Waals surface area contributed by atoms with E-state index in [1.807, 2.05) is 37.3 Å². The van der Waals surface area contributed by atoms with Crippen LogP contribution >= 0.6 is 0 Å². The molecule has 118 valence electrons. The van der Waals surface area contributed by atoms with Gasteiger partial charge in [0, 0.05) is 0 Å². The molecule has 0 aliphatic heterocycles. The summed E-state index contributed by atoms with van der Waals surface area (Å²) < 4.78 is 62.1. The average molecular weight is 330 g/mol. The van der Waals surface area contributed by atoms with Gasteiger partial charge in [-0.05, 0) is 47.4 Å². The number of benzene rings is 2. The zero-order valence-corrected chi connectivity index (χ0v) is 12.6. The molecular formula is C15H13F3O3S. The van der Waals surface area contributed by atoms with E-state index in [0.29, 0.717) is 11.8 Å². The molecule has 0 aliphatic carbocycles. The Morgan fingerprint density at radius 2 is 1.77 bits per heavy atom. The van der Waals surface area contributed by atoms with Crippen LogP contribution in [0.4, 0.5) is 13.2 Å². The molecular weight excluding hydrogens is 317 g/mol. The highest BCUT2D eigenvalue weighted by atomic mass is 32.2. The van der Waals surface area contributed by atoms with Gasteiger partial charge in [-0.3, -0.25) is 0 Å². The summed E-state index contributed by atoms with van der Waals surface area (Å²) in [5, 5.41) is 1.94. The van der Waals surface area contributed by atoms with E-state index >= 15 is 0 Å². The van der Waals surface area contributed by atoms with Crippen LogP contribution in [0.3, 0.4) is 0 Å². The summed E-state index contributed by atoms with van der Waals surface area (Å²) in [5.74, 6) is 0. The second kappa shape index (κ2) is 5.64. The highest BCUT2D eigenvalue weighted by Crippen LogP contribution is 2.28. The Bertz CT molecular complexity index is 837. The number of fused-ring (bicyclic) bond motifs is 1. The van der Waals surface area contributed by atoms with E-state index in [0.717, 1.165) is 21.9 Å². The first-order valence-corrected chi connectivity index (χ1v) is 7.69. The normalized spacial score (nSPS) is 13.0. The van der Waals surface area contributed by atoms with Gasteiger partial charge in [-0.2, -0.15) is 21.6 Å². The maximum absolute atomic E-state index is 12.2. The lowest BCUT2D eigenvalue weighted by Crippen LogP contribution is -2.23. The average Bonchev–Trinajstić information content (AvgIpc) is 2.41. The van der Waals surface area contributed by atoms with Crippen LogP contribution < -0.4 is 0 Å². The molecule has 3 nitrogen and oxygen atoms in total. The fourth-order valence-corrected chi connectivity index (χ4v) is 2.51. The lowest BCUT2D eigenvalue weighted by atomic mass is 9.96. The summed E-state index contributed by atoms with van der Waals surface area (Å²) >= 11 is 0. The number of hydrogen-bond donors (Lipinski definition) is 0. The van der Waals surface area contributed by atoms with E-state index < -0.39 is 15.6 Å². The Morgan fingerprint density at radius 1 is 1.14 bits per heavy atom. The van der Waals surface area contributed by atoms with Crippen LogP contribution in [0.15, 0.2) is 36.6 Å². The smallest absolute Gasteiger partial charge is 0.384 e. The first-order chi connectivity index (χ1) is 10.1. The van der Waals surface area contributed by atoms with Crippen molar-refractivity contribution in [2.45, 2.75) is 19.4 Å². The summed E-state index contributed by atoms with van der Waals surface area (Å²) in [6, 6.07) is 9.42. The zero-order chi connectivity index (χ0) is 16.5. The summed E-state index contributed by atoms with van der Waals surface area (Å²) in [4.78, 5) is 0. The van der Waals surface area contributed by atoms with Gasteiger partial charge in [0.15, 0.2) is 0 Å². The number of hydrogen-bond acceptors (Lipinski definition) is 3. The van der Waals surface area contributed by atoms with Crippen molar-refractivity contribution in [3.8, 4) is 0 Å². The van der Waals surface area contributed by atoms with Crippen molar-refractivity contribution in [3.63, 3.8) is 0 Å². The Morgan fingerprint density at radius 3 is 2.41 bits per heavy atom. The van der Waals surface area contributed by atoms with E-state index in [9.17, 15) is 21.6 Å². The first-order valence-electron chi connectivity index (χ1n) is 6.28. The zero-order valence-electron chi connectivity index (χ0n) is 11.8. The Hall–Kier alpha value is -2.02. The largest absolute Gasteiger partial charge is 0.534 e. The molecule has 22 heavy (non-hydrogen) atoms. The third-order valence-electron chi connectivity index (χ3n) is 3.27. The highest BCUT2D eigenvalue weighted by molar-refractivity contribution is 7.87. The van der Waals surface area contributed by atoms with Crippen molar-refractivity contribution in [2.24, 2.45) is 0 Å². The lowest BCUT2D eigenvalue weighted by molar-refractivity contribution is -0.0514. The van der Waals surface area contributed by atoms with Gasteiger partial charge in [-0.15, -0.1) is 0 Å². The number of alkyl halides is 3. The van der Waals surface area contributed by atoms with E-state index in [-0.39, 0.29) is 0 Å². The fraction of sp³-hybridized carbons (Fsp3) is 0.200. The summed E-state index contributed by atoms with van der Waals surface area (Å²) in [5.41, 5.74) is -3.18. The van der Waals surface area contributed by atoms with Crippen molar-refractivity contribution in [1.82, 2.24) is 0 Å². The SMILES string of the molecule is Cc1cc2ccccc2c(C)c1C=COS(=O)(=O)C(F)(F)F. The van der Waals surface area contributed by atoms with E-state index in [1.54, 1.807) is 6.92 Å². The number of aryl methyl sites for hydroxylation is 2. The molecule has 2 aromatic carbocycles. The van der Waals surface area contributed by atoms with Gasteiger partial charge in [0.1, 0.15) is 6.26 Å². The molecule has 2 aromatic rings.